The monoisotopic (exact) mass is 248 g/mol. The minimum atomic E-state index is 1.23. The van der Waals surface area contributed by atoms with E-state index in [1.54, 1.807) is 0 Å². The van der Waals surface area contributed by atoms with Crippen molar-refractivity contribution < 1.29 is 0 Å². The van der Waals surface area contributed by atoms with Crippen LogP contribution in [-0.2, 0) is 0 Å². The highest BCUT2D eigenvalue weighted by molar-refractivity contribution is 5.29. The van der Waals surface area contributed by atoms with E-state index in [-0.39, 0.29) is 0 Å². The van der Waals surface area contributed by atoms with Gasteiger partial charge in [-0.3, -0.25) is 0 Å². The maximum absolute atomic E-state index is 2.30. The zero-order valence-electron chi connectivity index (χ0n) is 13.0. The Bertz CT molecular complexity index is 266. The molecule has 0 amide bonds. The molecule has 0 bridgehead atoms. The van der Waals surface area contributed by atoms with E-state index in [0.29, 0.717) is 0 Å². The molecule has 0 unspecified atom stereocenters. The van der Waals surface area contributed by atoms with Crippen molar-refractivity contribution in [2.75, 3.05) is 0 Å². The summed E-state index contributed by atoms with van der Waals surface area (Å²) < 4.78 is 0. The molecule has 0 atom stereocenters. The summed E-state index contributed by atoms with van der Waals surface area (Å²) in [7, 11) is 0. The fourth-order valence-corrected chi connectivity index (χ4v) is 1.89. The first-order chi connectivity index (χ1) is 8.72. The molecule has 0 rings (SSSR count). The zero-order chi connectivity index (χ0) is 13.6. The molecule has 0 fully saturated rings. The van der Waals surface area contributed by atoms with Crippen molar-refractivity contribution in [3.63, 3.8) is 0 Å². The second-order valence-electron chi connectivity index (χ2n) is 5.16. The Morgan fingerprint density at radius 2 is 1.44 bits per heavy atom. The molecular formula is C18H32. The van der Waals surface area contributed by atoms with Crippen molar-refractivity contribution in [1.29, 1.82) is 0 Å². The van der Waals surface area contributed by atoms with Crippen LogP contribution in [0.25, 0.3) is 0 Å². The van der Waals surface area contributed by atoms with Crippen LogP contribution in [0.1, 0.15) is 79.1 Å². The standard InChI is InChI=1S/C18H32/c1-5-7-8-9-10-11-12-13-14-15-16-18(4)17(3)6-2/h6,14-16H,5,7-13H2,1-4H3/b15-14-,17-6+,18-16+. The first-order valence-corrected chi connectivity index (χ1v) is 7.69. The third-order valence-electron chi connectivity index (χ3n) is 3.51. The summed E-state index contributed by atoms with van der Waals surface area (Å²) in [6.07, 6.45) is 19.9. The van der Waals surface area contributed by atoms with Gasteiger partial charge >= 0.3 is 0 Å². The summed E-state index contributed by atoms with van der Waals surface area (Å²) in [5, 5.41) is 0. The van der Waals surface area contributed by atoms with Gasteiger partial charge in [-0.25, -0.2) is 0 Å². The molecule has 0 saturated heterocycles. The van der Waals surface area contributed by atoms with Crippen molar-refractivity contribution >= 4 is 0 Å². The molecule has 0 heteroatoms. The van der Waals surface area contributed by atoms with Crippen LogP contribution in [-0.4, -0.2) is 0 Å². The van der Waals surface area contributed by atoms with Crippen molar-refractivity contribution in [2.45, 2.75) is 79.1 Å². The van der Waals surface area contributed by atoms with Gasteiger partial charge in [-0.05, 0) is 39.2 Å². The SMILES string of the molecule is C/C=C(C)/C(C)=C/C=C\CCCCCCCCC. The molecule has 0 aliphatic carbocycles. The molecule has 0 saturated carbocycles. The molecule has 0 aromatic carbocycles. The highest BCUT2D eigenvalue weighted by Crippen LogP contribution is 2.10. The van der Waals surface area contributed by atoms with Crippen LogP contribution in [0.4, 0.5) is 0 Å². The lowest BCUT2D eigenvalue weighted by molar-refractivity contribution is 0.592. The smallest absolute Gasteiger partial charge is 0.0348 e. The topological polar surface area (TPSA) is 0 Å². The third-order valence-corrected chi connectivity index (χ3v) is 3.51. The van der Waals surface area contributed by atoms with Gasteiger partial charge in [-0.15, -0.1) is 0 Å². The molecule has 0 N–H and O–H groups in total. The first kappa shape index (κ1) is 17.2. The number of hydrogen-bond acceptors (Lipinski definition) is 0. The van der Waals surface area contributed by atoms with E-state index in [2.05, 4.69) is 52.0 Å². The Balaban J connectivity index is 3.49. The average molecular weight is 248 g/mol. The van der Waals surface area contributed by atoms with Gasteiger partial charge in [0.15, 0.2) is 0 Å². The number of hydrogen-bond donors (Lipinski definition) is 0. The molecule has 0 heterocycles. The quantitative estimate of drug-likeness (QED) is 0.302. The molecular weight excluding hydrogens is 216 g/mol. The van der Waals surface area contributed by atoms with Gasteiger partial charge in [0.05, 0.1) is 0 Å². The summed E-state index contributed by atoms with van der Waals surface area (Å²) in [6.45, 7) is 8.70. The van der Waals surface area contributed by atoms with Gasteiger partial charge in [0.2, 0.25) is 0 Å². The van der Waals surface area contributed by atoms with Gasteiger partial charge in [-0.1, -0.05) is 75.3 Å². The van der Waals surface area contributed by atoms with E-state index < -0.39 is 0 Å². The summed E-state index contributed by atoms with van der Waals surface area (Å²) in [4.78, 5) is 0. The average Bonchev–Trinajstić information content (AvgIpc) is 2.39. The molecule has 0 aromatic heterocycles. The van der Waals surface area contributed by atoms with Crippen LogP contribution >= 0.6 is 0 Å². The Kier molecular flexibility index (Phi) is 12.1. The number of unbranched alkanes of at least 4 members (excludes halogenated alkanes) is 7. The third kappa shape index (κ3) is 10.4. The van der Waals surface area contributed by atoms with Gasteiger partial charge in [0.25, 0.3) is 0 Å². The van der Waals surface area contributed by atoms with Gasteiger partial charge in [-0.2, -0.15) is 0 Å². The van der Waals surface area contributed by atoms with Crippen LogP contribution < -0.4 is 0 Å². The Morgan fingerprint density at radius 3 is 2.06 bits per heavy atom. The predicted molar refractivity (Wildman–Crippen MR) is 84.9 cm³/mol. The molecule has 0 aliphatic heterocycles. The lowest BCUT2D eigenvalue weighted by Crippen LogP contribution is -1.79. The minimum Gasteiger partial charge on any atom is -0.0845 e. The molecule has 104 valence electrons. The van der Waals surface area contributed by atoms with E-state index in [1.165, 1.54) is 62.5 Å². The van der Waals surface area contributed by atoms with Crippen molar-refractivity contribution in [3.05, 3.63) is 35.5 Å². The molecule has 0 aromatic rings. The fourth-order valence-electron chi connectivity index (χ4n) is 1.89. The maximum Gasteiger partial charge on any atom is -0.0348 e. The highest BCUT2D eigenvalue weighted by atomic mass is 14.0. The lowest BCUT2D eigenvalue weighted by Gasteiger charge is -1.99. The van der Waals surface area contributed by atoms with Crippen LogP contribution in [0.3, 0.4) is 0 Å². The molecule has 18 heavy (non-hydrogen) atoms. The second kappa shape index (κ2) is 12.7. The Labute approximate surface area is 115 Å². The zero-order valence-corrected chi connectivity index (χ0v) is 13.0. The largest absolute Gasteiger partial charge is 0.0845 e. The molecule has 0 aliphatic rings. The van der Waals surface area contributed by atoms with E-state index in [4.69, 9.17) is 0 Å². The van der Waals surface area contributed by atoms with Gasteiger partial charge in [0.1, 0.15) is 0 Å². The predicted octanol–water partition coefficient (Wildman–Crippen LogP) is 6.60. The number of rotatable bonds is 10. The second-order valence-corrected chi connectivity index (χ2v) is 5.16. The normalized spacial score (nSPS) is 13.6. The molecule has 0 nitrogen and oxygen atoms in total. The summed E-state index contributed by atoms with van der Waals surface area (Å²) >= 11 is 0. The maximum atomic E-state index is 2.30. The summed E-state index contributed by atoms with van der Waals surface area (Å²) in [5.74, 6) is 0. The van der Waals surface area contributed by atoms with Crippen LogP contribution in [0.2, 0.25) is 0 Å². The van der Waals surface area contributed by atoms with Crippen molar-refractivity contribution in [1.82, 2.24) is 0 Å². The molecule has 0 spiro atoms. The number of allylic oxidation sites excluding steroid dienone is 6. The van der Waals surface area contributed by atoms with Crippen LogP contribution in [0.15, 0.2) is 35.5 Å². The summed E-state index contributed by atoms with van der Waals surface area (Å²) in [6, 6.07) is 0. The van der Waals surface area contributed by atoms with Crippen LogP contribution in [0.5, 0.6) is 0 Å². The van der Waals surface area contributed by atoms with Crippen LogP contribution in [0, 0.1) is 0 Å². The fraction of sp³-hybridized carbons (Fsp3) is 0.667. The van der Waals surface area contributed by atoms with E-state index in [0.717, 1.165) is 0 Å². The minimum absolute atomic E-state index is 1.23. The van der Waals surface area contributed by atoms with E-state index >= 15 is 0 Å². The van der Waals surface area contributed by atoms with Gasteiger partial charge < -0.3 is 0 Å². The van der Waals surface area contributed by atoms with Gasteiger partial charge in [0, 0.05) is 0 Å². The van der Waals surface area contributed by atoms with Crippen molar-refractivity contribution in [2.24, 2.45) is 0 Å². The van der Waals surface area contributed by atoms with E-state index in [9.17, 15) is 0 Å². The first-order valence-electron chi connectivity index (χ1n) is 7.69. The summed E-state index contributed by atoms with van der Waals surface area (Å²) in [5.41, 5.74) is 2.74. The highest BCUT2D eigenvalue weighted by Gasteiger charge is 1.90. The Hall–Kier alpha value is -0.780. The lowest BCUT2D eigenvalue weighted by atomic mass is 10.1. The molecule has 0 radical (unpaired) electrons. The van der Waals surface area contributed by atoms with Crippen molar-refractivity contribution in [3.8, 4) is 0 Å². The Morgan fingerprint density at radius 1 is 0.833 bits per heavy atom. The van der Waals surface area contributed by atoms with E-state index in [1.807, 2.05) is 0 Å².